The average molecular weight is 270 g/mol. The highest BCUT2D eigenvalue weighted by molar-refractivity contribution is 6.05. The van der Waals surface area contributed by atoms with Gasteiger partial charge in [-0.05, 0) is 19.1 Å². The van der Waals surface area contributed by atoms with E-state index in [1.807, 2.05) is 19.1 Å². The number of benzene rings is 2. The molecule has 0 saturated carbocycles. The maximum absolute atomic E-state index is 11.8. The van der Waals surface area contributed by atoms with Gasteiger partial charge in [0.2, 0.25) is 0 Å². The normalized spacial score (nSPS) is 9.85. The molecule has 102 valence electrons. The largest absolute Gasteiger partial charge is 0.363 e. The molecule has 2 aromatic carbocycles. The molecule has 0 atom stereocenters. The number of hydrogen-bond donors (Lipinski definition) is 0. The fourth-order valence-corrected chi connectivity index (χ4v) is 1.58. The SMILES string of the molecule is Cc1ccc(OOC(=O)CC(=O)c2ccccc2)cc1. The zero-order chi connectivity index (χ0) is 14.4. The molecule has 2 rings (SSSR count). The van der Waals surface area contributed by atoms with E-state index in [-0.39, 0.29) is 12.2 Å². The Morgan fingerprint density at radius 3 is 2.25 bits per heavy atom. The van der Waals surface area contributed by atoms with Crippen LogP contribution in [0.3, 0.4) is 0 Å². The van der Waals surface area contributed by atoms with Gasteiger partial charge in [-0.2, -0.15) is 0 Å². The van der Waals surface area contributed by atoms with Crippen LogP contribution in [0.4, 0.5) is 0 Å². The second-order valence-corrected chi connectivity index (χ2v) is 4.32. The van der Waals surface area contributed by atoms with E-state index in [0.29, 0.717) is 11.3 Å². The maximum Gasteiger partial charge on any atom is 0.363 e. The molecule has 0 radical (unpaired) electrons. The van der Waals surface area contributed by atoms with Crippen molar-refractivity contribution in [2.24, 2.45) is 0 Å². The molecule has 0 unspecified atom stereocenters. The third-order valence-corrected chi connectivity index (χ3v) is 2.65. The summed E-state index contributed by atoms with van der Waals surface area (Å²) in [5.41, 5.74) is 1.54. The Morgan fingerprint density at radius 2 is 1.60 bits per heavy atom. The molecule has 0 saturated heterocycles. The molecule has 4 nitrogen and oxygen atoms in total. The van der Waals surface area contributed by atoms with Gasteiger partial charge in [-0.3, -0.25) is 9.68 Å². The van der Waals surface area contributed by atoms with Crippen LogP contribution in [0.2, 0.25) is 0 Å². The Hall–Kier alpha value is -2.62. The molecule has 0 aliphatic rings. The van der Waals surface area contributed by atoms with E-state index in [9.17, 15) is 9.59 Å². The standard InChI is InChI=1S/C16H14O4/c1-12-7-9-14(10-8-12)19-20-16(18)11-15(17)13-5-3-2-4-6-13/h2-10H,11H2,1H3. The molecule has 0 N–H and O–H groups in total. The van der Waals surface area contributed by atoms with Crippen LogP contribution in [-0.2, 0) is 9.68 Å². The second kappa shape index (κ2) is 6.52. The predicted octanol–water partition coefficient (Wildman–Crippen LogP) is 3.11. The molecule has 0 aliphatic heterocycles. The first-order valence-electron chi connectivity index (χ1n) is 6.17. The fraction of sp³-hybridized carbons (Fsp3) is 0.125. The average Bonchev–Trinajstić information content (AvgIpc) is 2.47. The number of aryl methyl sites for hydroxylation is 1. The summed E-state index contributed by atoms with van der Waals surface area (Å²) in [7, 11) is 0. The van der Waals surface area contributed by atoms with Crippen molar-refractivity contribution in [3.8, 4) is 5.75 Å². The van der Waals surface area contributed by atoms with Gasteiger partial charge in [-0.1, -0.05) is 48.0 Å². The van der Waals surface area contributed by atoms with Gasteiger partial charge in [-0.15, -0.1) is 0 Å². The Balaban J connectivity index is 1.84. The molecule has 0 fully saturated rings. The summed E-state index contributed by atoms with van der Waals surface area (Å²) in [6.45, 7) is 1.94. The van der Waals surface area contributed by atoms with Gasteiger partial charge in [0, 0.05) is 5.56 Å². The van der Waals surface area contributed by atoms with Gasteiger partial charge in [0.25, 0.3) is 0 Å². The number of carbonyl (C=O) groups is 2. The lowest BCUT2D eigenvalue weighted by atomic mass is 10.1. The first kappa shape index (κ1) is 13.8. The molecule has 0 aromatic heterocycles. The Kier molecular flexibility index (Phi) is 4.50. The topological polar surface area (TPSA) is 52.6 Å². The van der Waals surface area contributed by atoms with Gasteiger partial charge in [0.15, 0.2) is 11.5 Å². The summed E-state index contributed by atoms with van der Waals surface area (Å²) in [6.07, 6.45) is -0.351. The van der Waals surface area contributed by atoms with Crippen molar-refractivity contribution in [1.82, 2.24) is 0 Å². The summed E-state index contributed by atoms with van der Waals surface area (Å²) < 4.78 is 0. The summed E-state index contributed by atoms with van der Waals surface area (Å²) in [5.74, 6) is -0.612. The van der Waals surface area contributed by atoms with Crippen molar-refractivity contribution in [3.05, 3.63) is 65.7 Å². The van der Waals surface area contributed by atoms with E-state index in [1.54, 1.807) is 42.5 Å². The molecule has 0 spiro atoms. The number of carbonyl (C=O) groups excluding carboxylic acids is 2. The van der Waals surface area contributed by atoms with Crippen molar-refractivity contribution in [1.29, 1.82) is 0 Å². The highest BCUT2D eigenvalue weighted by Crippen LogP contribution is 2.12. The van der Waals surface area contributed by atoms with Crippen LogP contribution in [-0.4, -0.2) is 11.8 Å². The van der Waals surface area contributed by atoms with E-state index >= 15 is 0 Å². The van der Waals surface area contributed by atoms with Crippen LogP contribution in [0.5, 0.6) is 5.75 Å². The van der Waals surface area contributed by atoms with Crippen molar-refractivity contribution in [2.75, 3.05) is 0 Å². The third-order valence-electron chi connectivity index (χ3n) is 2.65. The molecule has 0 amide bonds. The van der Waals surface area contributed by atoms with Crippen molar-refractivity contribution in [3.63, 3.8) is 0 Å². The van der Waals surface area contributed by atoms with Crippen LogP contribution < -0.4 is 4.89 Å². The molecule has 0 aliphatic carbocycles. The first-order valence-corrected chi connectivity index (χ1v) is 6.17. The monoisotopic (exact) mass is 270 g/mol. The Labute approximate surface area is 116 Å². The van der Waals surface area contributed by atoms with Crippen molar-refractivity contribution < 1.29 is 19.4 Å². The summed E-state index contributed by atoms with van der Waals surface area (Å²) in [4.78, 5) is 32.7. The summed E-state index contributed by atoms with van der Waals surface area (Å²) in [5, 5.41) is 0. The van der Waals surface area contributed by atoms with Gasteiger partial charge >= 0.3 is 5.97 Å². The van der Waals surface area contributed by atoms with E-state index < -0.39 is 5.97 Å². The summed E-state index contributed by atoms with van der Waals surface area (Å²) in [6, 6.07) is 15.6. The predicted molar refractivity (Wildman–Crippen MR) is 73.3 cm³/mol. The Morgan fingerprint density at radius 1 is 0.950 bits per heavy atom. The van der Waals surface area contributed by atoms with Crippen LogP contribution in [0.15, 0.2) is 54.6 Å². The molecule has 20 heavy (non-hydrogen) atoms. The minimum absolute atomic E-state index is 0.303. The second-order valence-electron chi connectivity index (χ2n) is 4.32. The first-order chi connectivity index (χ1) is 9.65. The van der Waals surface area contributed by atoms with Crippen LogP contribution >= 0.6 is 0 Å². The Bertz CT molecular complexity index is 588. The van der Waals surface area contributed by atoms with Gasteiger partial charge in [0.1, 0.15) is 6.42 Å². The minimum Gasteiger partial charge on any atom is -0.294 e. The smallest absolute Gasteiger partial charge is 0.294 e. The molecule has 4 heteroatoms. The molecule has 2 aromatic rings. The minimum atomic E-state index is -0.723. The lowest BCUT2D eigenvalue weighted by Gasteiger charge is -2.04. The van der Waals surface area contributed by atoms with E-state index in [4.69, 9.17) is 4.89 Å². The van der Waals surface area contributed by atoms with Gasteiger partial charge in [-0.25, -0.2) is 9.68 Å². The van der Waals surface area contributed by atoms with Gasteiger partial charge < -0.3 is 0 Å². The molecular formula is C16H14O4. The summed E-state index contributed by atoms with van der Waals surface area (Å²) >= 11 is 0. The van der Waals surface area contributed by atoms with E-state index in [2.05, 4.69) is 4.89 Å². The highest BCUT2D eigenvalue weighted by atomic mass is 17.2. The fourth-order valence-electron chi connectivity index (χ4n) is 1.58. The van der Waals surface area contributed by atoms with Crippen LogP contribution in [0, 0.1) is 6.92 Å². The van der Waals surface area contributed by atoms with Gasteiger partial charge in [0.05, 0.1) is 0 Å². The molecule has 0 heterocycles. The number of ketones is 1. The zero-order valence-electron chi connectivity index (χ0n) is 11.0. The van der Waals surface area contributed by atoms with Crippen molar-refractivity contribution >= 4 is 11.8 Å². The number of Topliss-reactive ketones (excluding diaryl/α,β-unsaturated/α-hetero) is 1. The van der Waals surface area contributed by atoms with Crippen molar-refractivity contribution in [2.45, 2.75) is 13.3 Å². The highest BCUT2D eigenvalue weighted by Gasteiger charge is 2.14. The lowest BCUT2D eigenvalue weighted by Crippen LogP contribution is -2.13. The zero-order valence-corrected chi connectivity index (χ0v) is 11.0. The van der Waals surface area contributed by atoms with E-state index in [0.717, 1.165) is 5.56 Å². The number of hydrogen-bond acceptors (Lipinski definition) is 4. The molecule has 0 bridgehead atoms. The molecular weight excluding hydrogens is 256 g/mol. The third kappa shape index (κ3) is 3.95. The van der Waals surface area contributed by atoms with Crippen LogP contribution in [0.1, 0.15) is 22.3 Å². The van der Waals surface area contributed by atoms with Crippen LogP contribution in [0.25, 0.3) is 0 Å². The quantitative estimate of drug-likeness (QED) is 0.362. The maximum atomic E-state index is 11.8. The number of rotatable bonds is 5. The lowest BCUT2D eigenvalue weighted by molar-refractivity contribution is -0.212. The van der Waals surface area contributed by atoms with E-state index in [1.165, 1.54) is 0 Å².